The monoisotopic (exact) mass is 357 g/mol. The Morgan fingerprint density at radius 3 is 2.73 bits per heavy atom. The van der Waals surface area contributed by atoms with Crippen LogP contribution in [0.5, 0.6) is 0 Å². The van der Waals surface area contributed by atoms with Crippen molar-refractivity contribution < 1.29 is 14.6 Å². The van der Waals surface area contributed by atoms with Gasteiger partial charge in [0.15, 0.2) is 0 Å². The van der Waals surface area contributed by atoms with Gasteiger partial charge in [0.05, 0.1) is 24.5 Å². The molecule has 0 saturated carbocycles. The van der Waals surface area contributed by atoms with E-state index in [2.05, 4.69) is 25.5 Å². The minimum absolute atomic E-state index is 0.200. The summed E-state index contributed by atoms with van der Waals surface area (Å²) in [5.74, 6) is 0.889. The summed E-state index contributed by atoms with van der Waals surface area (Å²) < 4.78 is 5.35. The molecular formula is C18H23N5O3. The van der Waals surface area contributed by atoms with E-state index in [9.17, 15) is 9.90 Å². The molecule has 26 heavy (non-hydrogen) atoms. The second-order valence-corrected chi connectivity index (χ2v) is 6.04. The lowest BCUT2D eigenvalue weighted by Gasteiger charge is -2.26. The number of aryl methyl sites for hydroxylation is 1. The summed E-state index contributed by atoms with van der Waals surface area (Å²) in [6, 6.07) is 8.53. The van der Waals surface area contributed by atoms with Crippen LogP contribution < -0.4 is 10.6 Å². The molecule has 1 fully saturated rings. The van der Waals surface area contributed by atoms with Gasteiger partial charge in [-0.15, -0.1) is 0 Å². The van der Waals surface area contributed by atoms with Crippen LogP contribution in [0.2, 0.25) is 0 Å². The molecule has 8 nitrogen and oxygen atoms in total. The summed E-state index contributed by atoms with van der Waals surface area (Å²) >= 11 is 0. The number of aromatic nitrogens is 2. The lowest BCUT2D eigenvalue weighted by Crippen LogP contribution is -2.39. The van der Waals surface area contributed by atoms with Crippen molar-refractivity contribution in [1.82, 2.24) is 14.9 Å². The Morgan fingerprint density at radius 2 is 1.96 bits per heavy atom. The summed E-state index contributed by atoms with van der Waals surface area (Å²) in [5.41, 5.74) is 0.697. The van der Waals surface area contributed by atoms with Crippen LogP contribution in [0, 0.1) is 6.92 Å². The summed E-state index contributed by atoms with van der Waals surface area (Å²) in [6.07, 6.45) is 0. The molecule has 8 heteroatoms. The highest BCUT2D eigenvalue weighted by atomic mass is 16.5. The van der Waals surface area contributed by atoms with Crippen LogP contribution >= 0.6 is 0 Å². The number of aromatic carboxylic acids is 1. The third-order valence-electron chi connectivity index (χ3n) is 4.10. The molecule has 0 unspecified atom stereocenters. The SMILES string of the molecule is Cc1nc(NCCN2CCOCC2)cc(Nc2ccccc2C(=O)O)n1. The molecule has 2 heterocycles. The van der Waals surface area contributed by atoms with E-state index in [0.29, 0.717) is 23.1 Å². The highest BCUT2D eigenvalue weighted by Gasteiger charge is 2.12. The third kappa shape index (κ3) is 4.90. The number of hydrogen-bond acceptors (Lipinski definition) is 7. The maximum absolute atomic E-state index is 11.3. The lowest BCUT2D eigenvalue weighted by atomic mass is 10.2. The zero-order chi connectivity index (χ0) is 18.4. The topological polar surface area (TPSA) is 99.6 Å². The number of benzene rings is 1. The molecule has 3 rings (SSSR count). The Hall–Kier alpha value is -2.71. The van der Waals surface area contributed by atoms with Crippen molar-refractivity contribution in [2.24, 2.45) is 0 Å². The van der Waals surface area contributed by atoms with Crippen LogP contribution in [0.1, 0.15) is 16.2 Å². The number of carboxylic acids is 1. The van der Waals surface area contributed by atoms with Crippen molar-refractivity contribution >= 4 is 23.3 Å². The zero-order valence-corrected chi connectivity index (χ0v) is 14.7. The fraction of sp³-hybridized carbons (Fsp3) is 0.389. The molecule has 0 spiro atoms. The second kappa shape index (κ2) is 8.59. The number of carbonyl (C=O) groups is 1. The maximum atomic E-state index is 11.3. The normalized spacial score (nSPS) is 14.8. The first kappa shape index (κ1) is 18.1. The Morgan fingerprint density at radius 1 is 1.23 bits per heavy atom. The number of nitrogens with zero attached hydrogens (tertiary/aromatic N) is 3. The predicted octanol–water partition coefficient (Wildman–Crippen LogP) is 1.97. The van der Waals surface area contributed by atoms with Gasteiger partial charge in [0.25, 0.3) is 0 Å². The number of nitrogens with one attached hydrogen (secondary N) is 2. The summed E-state index contributed by atoms with van der Waals surface area (Å²) in [5, 5.41) is 15.7. The molecule has 1 aliphatic heterocycles. The first-order valence-corrected chi connectivity index (χ1v) is 8.61. The van der Waals surface area contributed by atoms with E-state index in [1.54, 1.807) is 37.3 Å². The number of anilines is 3. The van der Waals surface area contributed by atoms with E-state index < -0.39 is 5.97 Å². The van der Waals surface area contributed by atoms with Crippen LogP contribution in [0.25, 0.3) is 0 Å². The Balaban J connectivity index is 1.65. The average Bonchev–Trinajstić information content (AvgIpc) is 2.62. The maximum Gasteiger partial charge on any atom is 0.337 e. The quantitative estimate of drug-likeness (QED) is 0.692. The fourth-order valence-corrected chi connectivity index (χ4v) is 2.81. The zero-order valence-electron chi connectivity index (χ0n) is 14.7. The van der Waals surface area contributed by atoms with Crippen molar-refractivity contribution in [2.75, 3.05) is 50.0 Å². The summed E-state index contributed by atoms with van der Waals surface area (Å²) in [6.45, 7) is 6.94. The Labute approximate surface area is 152 Å². The van der Waals surface area contributed by atoms with Crippen molar-refractivity contribution in [2.45, 2.75) is 6.92 Å². The fourth-order valence-electron chi connectivity index (χ4n) is 2.81. The molecule has 1 aromatic heterocycles. The van der Waals surface area contributed by atoms with E-state index in [0.717, 1.165) is 39.4 Å². The van der Waals surface area contributed by atoms with E-state index in [1.807, 2.05) is 0 Å². The Bertz CT molecular complexity index is 762. The van der Waals surface area contributed by atoms with Gasteiger partial charge in [-0.3, -0.25) is 4.90 Å². The van der Waals surface area contributed by atoms with Gasteiger partial charge in [-0.25, -0.2) is 14.8 Å². The molecule has 1 aliphatic rings. The number of para-hydroxylation sites is 1. The van der Waals surface area contributed by atoms with E-state index in [4.69, 9.17) is 4.74 Å². The first-order chi connectivity index (χ1) is 12.6. The largest absolute Gasteiger partial charge is 0.478 e. The smallest absolute Gasteiger partial charge is 0.337 e. The Kier molecular flexibility index (Phi) is 5.98. The predicted molar refractivity (Wildman–Crippen MR) is 99.2 cm³/mol. The average molecular weight is 357 g/mol. The molecule has 2 aromatic rings. The van der Waals surface area contributed by atoms with Gasteiger partial charge in [0.1, 0.15) is 17.5 Å². The van der Waals surface area contributed by atoms with Crippen LogP contribution in [-0.2, 0) is 4.74 Å². The molecule has 138 valence electrons. The van der Waals surface area contributed by atoms with Crippen molar-refractivity contribution in [1.29, 1.82) is 0 Å². The van der Waals surface area contributed by atoms with Crippen LogP contribution in [0.3, 0.4) is 0 Å². The highest BCUT2D eigenvalue weighted by Crippen LogP contribution is 2.21. The van der Waals surface area contributed by atoms with E-state index in [-0.39, 0.29) is 5.56 Å². The number of rotatable bonds is 7. The molecule has 0 radical (unpaired) electrons. The first-order valence-electron chi connectivity index (χ1n) is 8.61. The minimum atomic E-state index is -0.984. The van der Waals surface area contributed by atoms with Crippen LogP contribution in [0.15, 0.2) is 30.3 Å². The van der Waals surface area contributed by atoms with Crippen LogP contribution in [-0.4, -0.2) is 65.3 Å². The number of hydrogen-bond donors (Lipinski definition) is 3. The standard InChI is InChI=1S/C18H23N5O3/c1-13-20-16(19-6-7-23-8-10-26-11-9-23)12-17(21-13)22-15-5-3-2-4-14(15)18(24)25/h2-5,12H,6-11H2,1H3,(H,24,25)(H2,19,20,21,22). The molecular weight excluding hydrogens is 334 g/mol. The summed E-state index contributed by atoms with van der Waals surface area (Å²) in [4.78, 5) is 22.4. The molecule has 0 aliphatic carbocycles. The number of ether oxygens (including phenoxy) is 1. The van der Waals surface area contributed by atoms with Crippen LogP contribution in [0.4, 0.5) is 17.3 Å². The second-order valence-electron chi connectivity index (χ2n) is 6.04. The van der Waals surface area contributed by atoms with Gasteiger partial charge >= 0.3 is 5.97 Å². The molecule has 1 aromatic carbocycles. The van der Waals surface area contributed by atoms with Gasteiger partial charge in [-0.2, -0.15) is 0 Å². The number of morpholine rings is 1. The summed E-state index contributed by atoms with van der Waals surface area (Å²) in [7, 11) is 0. The van der Waals surface area contributed by atoms with E-state index >= 15 is 0 Å². The minimum Gasteiger partial charge on any atom is -0.478 e. The van der Waals surface area contributed by atoms with Gasteiger partial charge < -0.3 is 20.5 Å². The van der Waals surface area contributed by atoms with Gasteiger partial charge in [0.2, 0.25) is 0 Å². The van der Waals surface area contributed by atoms with Gasteiger partial charge in [-0.05, 0) is 19.1 Å². The van der Waals surface area contributed by atoms with Crippen molar-refractivity contribution in [3.05, 3.63) is 41.7 Å². The van der Waals surface area contributed by atoms with Crippen molar-refractivity contribution in [3.8, 4) is 0 Å². The molecule has 0 atom stereocenters. The lowest BCUT2D eigenvalue weighted by molar-refractivity contribution is 0.0398. The van der Waals surface area contributed by atoms with Gasteiger partial charge in [-0.1, -0.05) is 12.1 Å². The van der Waals surface area contributed by atoms with Gasteiger partial charge in [0, 0.05) is 32.2 Å². The molecule has 0 amide bonds. The highest BCUT2D eigenvalue weighted by molar-refractivity contribution is 5.95. The van der Waals surface area contributed by atoms with Crippen molar-refractivity contribution in [3.63, 3.8) is 0 Å². The van der Waals surface area contributed by atoms with E-state index in [1.165, 1.54) is 0 Å². The third-order valence-corrected chi connectivity index (χ3v) is 4.10. The number of carboxylic acid groups (broad SMARTS) is 1. The molecule has 1 saturated heterocycles. The molecule has 0 bridgehead atoms. The molecule has 3 N–H and O–H groups in total.